The Morgan fingerprint density at radius 2 is 2.13 bits per heavy atom. The van der Waals surface area contributed by atoms with E-state index in [1.54, 1.807) is 18.2 Å². The molecule has 0 saturated carbocycles. The Balaban J connectivity index is 1.59. The molecule has 0 unspecified atom stereocenters. The van der Waals surface area contributed by atoms with Gasteiger partial charge in [0.25, 0.3) is 5.89 Å². The highest BCUT2D eigenvalue weighted by Crippen LogP contribution is 2.28. The fourth-order valence-corrected chi connectivity index (χ4v) is 3.38. The number of rotatable bonds is 7. The van der Waals surface area contributed by atoms with Crippen molar-refractivity contribution in [2.45, 2.75) is 10.1 Å². The van der Waals surface area contributed by atoms with Gasteiger partial charge in [0.2, 0.25) is 5.13 Å². The van der Waals surface area contributed by atoms with Crippen LogP contribution in [0.1, 0.15) is 5.82 Å². The molecule has 0 aliphatic heterocycles. The minimum Gasteiger partial charge on any atom is -0.357 e. The summed E-state index contributed by atoms with van der Waals surface area (Å²) in [4.78, 5) is 4.37. The molecule has 0 aliphatic carbocycles. The van der Waals surface area contributed by atoms with Crippen molar-refractivity contribution in [3.05, 3.63) is 47.8 Å². The molecule has 2 heterocycles. The Bertz CT molecular complexity index is 787. The van der Waals surface area contributed by atoms with Crippen molar-refractivity contribution >= 4 is 39.8 Å². The van der Waals surface area contributed by atoms with E-state index in [9.17, 15) is 0 Å². The third-order valence-corrected chi connectivity index (χ3v) is 4.95. The maximum absolute atomic E-state index is 5.86. The smallest absolute Gasteiger partial charge is 0.257 e. The van der Waals surface area contributed by atoms with Gasteiger partial charge in [0.1, 0.15) is 0 Å². The summed E-state index contributed by atoms with van der Waals surface area (Å²) < 4.78 is 6.11. The largest absolute Gasteiger partial charge is 0.357 e. The third kappa shape index (κ3) is 4.31. The summed E-state index contributed by atoms with van der Waals surface area (Å²) in [5, 5.41) is 16.6. The molecule has 1 N–H and O–H groups in total. The molecule has 23 heavy (non-hydrogen) atoms. The number of halogens is 1. The second kappa shape index (κ2) is 7.58. The number of benzene rings is 1. The SMILES string of the molecule is C=CCNc1nnc(SCc2noc(-c3ccc(Cl)cc3)n2)s1. The zero-order valence-electron chi connectivity index (χ0n) is 11.9. The Hall–Kier alpha value is -1.90. The van der Waals surface area contributed by atoms with Gasteiger partial charge in [0.15, 0.2) is 10.2 Å². The lowest BCUT2D eigenvalue weighted by Gasteiger charge is -1.93. The zero-order valence-corrected chi connectivity index (χ0v) is 14.3. The van der Waals surface area contributed by atoms with Gasteiger partial charge in [-0.1, -0.05) is 45.9 Å². The number of hydrogen-bond donors (Lipinski definition) is 1. The van der Waals surface area contributed by atoms with Crippen molar-refractivity contribution in [1.29, 1.82) is 0 Å². The lowest BCUT2D eigenvalue weighted by molar-refractivity contribution is 0.425. The first-order valence-electron chi connectivity index (χ1n) is 6.64. The topological polar surface area (TPSA) is 76.7 Å². The predicted molar refractivity (Wildman–Crippen MR) is 92.9 cm³/mol. The normalized spacial score (nSPS) is 10.7. The number of nitrogens with one attached hydrogen (secondary N) is 1. The minimum atomic E-state index is 0.475. The van der Waals surface area contributed by atoms with Gasteiger partial charge in [-0.05, 0) is 24.3 Å². The lowest BCUT2D eigenvalue weighted by atomic mass is 10.2. The van der Waals surface area contributed by atoms with E-state index >= 15 is 0 Å². The maximum Gasteiger partial charge on any atom is 0.257 e. The van der Waals surface area contributed by atoms with E-state index in [0.29, 0.717) is 29.0 Å². The van der Waals surface area contributed by atoms with Crippen molar-refractivity contribution in [3.63, 3.8) is 0 Å². The Morgan fingerprint density at radius 1 is 1.30 bits per heavy atom. The molecule has 0 spiro atoms. The molecule has 6 nitrogen and oxygen atoms in total. The summed E-state index contributed by atoms with van der Waals surface area (Å²) in [6.45, 7) is 4.31. The lowest BCUT2D eigenvalue weighted by Crippen LogP contribution is -1.96. The molecular formula is C14H12ClN5OS2. The van der Waals surface area contributed by atoms with Crippen LogP contribution in [0.15, 0.2) is 45.8 Å². The number of thioether (sulfide) groups is 1. The molecule has 118 valence electrons. The van der Waals surface area contributed by atoms with Crippen LogP contribution in [0.5, 0.6) is 0 Å². The van der Waals surface area contributed by atoms with Crippen LogP contribution in [0.3, 0.4) is 0 Å². The highest BCUT2D eigenvalue weighted by Gasteiger charge is 2.11. The molecular weight excluding hydrogens is 354 g/mol. The highest BCUT2D eigenvalue weighted by molar-refractivity contribution is 8.00. The summed E-state index contributed by atoms with van der Waals surface area (Å²) in [5.74, 6) is 1.64. The van der Waals surface area contributed by atoms with Gasteiger partial charge in [-0.15, -0.1) is 16.8 Å². The van der Waals surface area contributed by atoms with Gasteiger partial charge >= 0.3 is 0 Å². The van der Waals surface area contributed by atoms with E-state index in [-0.39, 0.29) is 0 Å². The average molecular weight is 366 g/mol. The fourth-order valence-electron chi connectivity index (χ4n) is 1.65. The zero-order chi connectivity index (χ0) is 16.1. The molecule has 0 atom stereocenters. The van der Waals surface area contributed by atoms with Crippen LogP contribution in [0.2, 0.25) is 5.02 Å². The van der Waals surface area contributed by atoms with Gasteiger partial charge in [-0.25, -0.2) is 0 Å². The van der Waals surface area contributed by atoms with Crippen LogP contribution in [0, 0.1) is 0 Å². The van der Waals surface area contributed by atoms with Crippen molar-refractivity contribution in [2.24, 2.45) is 0 Å². The van der Waals surface area contributed by atoms with Crippen molar-refractivity contribution < 1.29 is 4.52 Å². The van der Waals surface area contributed by atoms with Crippen LogP contribution in [-0.2, 0) is 5.75 Å². The van der Waals surface area contributed by atoms with Gasteiger partial charge < -0.3 is 9.84 Å². The van der Waals surface area contributed by atoms with E-state index in [0.717, 1.165) is 15.0 Å². The monoisotopic (exact) mass is 365 g/mol. The fraction of sp³-hybridized carbons (Fsp3) is 0.143. The molecule has 2 aromatic heterocycles. The Kier molecular flexibility index (Phi) is 5.27. The van der Waals surface area contributed by atoms with E-state index in [1.807, 2.05) is 12.1 Å². The molecule has 0 radical (unpaired) electrons. The van der Waals surface area contributed by atoms with Gasteiger partial charge in [0, 0.05) is 17.1 Å². The van der Waals surface area contributed by atoms with Gasteiger partial charge in [-0.3, -0.25) is 0 Å². The summed E-state index contributed by atoms with van der Waals surface area (Å²) in [6, 6.07) is 7.26. The standard InChI is InChI=1S/C14H12ClN5OS2/c1-2-7-16-13-18-19-14(23-13)22-8-11-17-12(21-20-11)9-3-5-10(15)6-4-9/h2-6H,1,7-8H2,(H,16,18). The molecule has 1 aromatic carbocycles. The van der Waals surface area contributed by atoms with Crippen molar-refractivity contribution in [2.75, 3.05) is 11.9 Å². The maximum atomic E-state index is 5.86. The van der Waals surface area contributed by atoms with Gasteiger partial charge in [-0.2, -0.15) is 4.98 Å². The first-order chi connectivity index (χ1) is 11.2. The van der Waals surface area contributed by atoms with Crippen LogP contribution < -0.4 is 5.32 Å². The first kappa shape index (κ1) is 16.0. The molecule has 0 bridgehead atoms. The number of hydrogen-bond acceptors (Lipinski definition) is 8. The summed E-state index contributed by atoms with van der Waals surface area (Å²) in [6.07, 6.45) is 1.77. The molecule has 0 aliphatic rings. The summed E-state index contributed by atoms with van der Waals surface area (Å²) in [7, 11) is 0. The summed E-state index contributed by atoms with van der Waals surface area (Å²) >= 11 is 8.85. The van der Waals surface area contributed by atoms with E-state index in [4.69, 9.17) is 16.1 Å². The Morgan fingerprint density at radius 3 is 2.91 bits per heavy atom. The second-order valence-electron chi connectivity index (χ2n) is 4.35. The highest BCUT2D eigenvalue weighted by atomic mass is 35.5. The molecule has 0 fully saturated rings. The van der Waals surface area contributed by atoms with Crippen molar-refractivity contribution in [1.82, 2.24) is 20.3 Å². The van der Waals surface area contributed by atoms with E-state index in [2.05, 4.69) is 32.2 Å². The molecule has 3 aromatic rings. The number of aromatic nitrogens is 4. The first-order valence-corrected chi connectivity index (χ1v) is 8.82. The van der Waals surface area contributed by atoms with Crippen LogP contribution in [0.4, 0.5) is 5.13 Å². The summed E-state index contributed by atoms with van der Waals surface area (Å²) in [5.41, 5.74) is 0.838. The number of anilines is 1. The quantitative estimate of drug-likeness (QED) is 0.498. The minimum absolute atomic E-state index is 0.475. The molecule has 3 rings (SSSR count). The van der Waals surface area contributed by atoms with Crippen LogP contribution >= 0.6 is 34.7 Å². The average Bonchev–Trinajstić information content (AvgIpc) is 3.21. The Labute approximate surface area is 146 Å². The second-order valence-corrected chi connectivity index (χ2v) is 6.99. The van der Waals surface area contributed by atoms with E-state index < -0.39 is 0 Å². The number of nitrogens with zero attached hydrogens (tertiary/aromatic N) is 4. The van der Waals surface area contributed by atoms with Crippen LogP contribution in [-0.4, -0.2) is 26.9 Å². The van der Waals surface area contributed by atoms with Crippen LogP contribution in [0.25, 0.3) is 11.5 Å². The third-order valence-electron chi connectivity index (χ3n) is 2.69. The van der Waals surface area contributed by atoms with E-state index in [1.165, 1.54) is 23.1 Å². The molecule has 0 saturated heterocycles. The predicted octanol–water partition coefficient (Wildman–Crippen LogP) is 4.13. The van der Waals surface area contributed by atoms with Gasteiger partial charge in [0.05, 0.1) is 5.75 Å². The molecule has 9 heteroatoms. The molecule has 0 amide bonds. The van der Waals surface area contributed by atoms with Crippen molar-refractivity contribution in [3.8, 4) is 11.5 Å².